The van der Waals surface area contributed by atoms with Gasteiger partial charge in [-0.15, -0.1) is 5.11 Å². The summed E-state index contributed by atoms with van der Waals surface area (Å²) in [6.45, 7) is 7.40. The molecule has 1 aliphatic heterocycles. The van der Waals surface area contributed by atoms with Crippen molar-refractivity contribution in [1.82, 2.24) is 5.01 Å². The van der Waals surface area contributed by atoms with Gasteiger partial charge in [-0.1, -0.05) is 19.1 Å². The van der Waals surface area contributed by atoms with Crippen LogP contribution < -0.4 is 0 Å². The quantitative estimate of drug-likeness (QED) is 0.597. The molecule has 0 fully saturated rings. The summed E-state index contributed by atoms with van der Waals surface area (Å²) < 4.78 is 0. The van der Waals surface area contributed by atoms with Crippen LogP contribution in [0.4, 0.5) is 0 Å². The van der Waals surface area contributed by atoms with Crippen LogP contribution in [0.1, 0.15) is 20.8 Å². The van der Waals surface area contributed by atoms with Gasteiger partial charge < -0.3 is 0 Å². The summed E-state index contributed by atoms with van der Waals surface area (Å²) in [5.41, 5.74) is 0. The maximum atomic E-state index is 4.02. The Balaban J connectivity index is 2.63. The van der Waals surface area contributed by atoms with Crippen LogP contribution in [-0.2, 0) is 0 Å². The molecule has 1 rings (SSSR count). The average Bonchev–Trinajstić information content (AvgIpc) is 2.04. The molecule has 1 heterocycles. The minimum absolute atomic E-state index is 0.428. The molecule has 0 spiro atoms. The molecule has 11 heavy (non-hydrogen) atoms. The summed E-state index contributed by atoms with van der Waals surface area (Å²) in [4.78, 5) is 0. The largest absolute Gasteiger partial charge is 0.272 e. The highest BCUT2D eigenvalue weighted by Gasteiger charge is 2.18. The maximum Gasteiger partial charge on any atom is 0.0708 e. The van der Waals surface area contributed by atoms with Gasteiger partial charge in [0.2, 0.25) is 0 Å². The van der Waals surface area contributed by atoms with Crippen LogP contribution in [0.25, 0.3) is 0 Å². The standard InChI is InChI=1S/C8H15N3/c1-4-11-8(7(2)3)5-6-9-10-11/h5-8H,4H2,1-3H3. The summed E-state index contributed by atoms with van der Waals surface area (Å²) in [6.07, 6.45) is 3.87. The SMILES string of the molecule is CCN1N=NC=CC1C(C)C. The summed E-state index contributed by atoms with van der Waals surface area (Å²) in [5, 5.41) is 9.86. The van der Waals surface area contributed by atoms with Crippen molar-refractivity contribution in [1.29, 1.82) is 0 Å². The first kappa shape index (κ1) is 8.24. The smallest absolute Gasteiger partial charge is 0.0708 e. The van der Waals surface area contributed by atoms with Crippen molar-refractivity contribution >= 4 is 0 Å². The molecule has 0 aromatic heterocycles. The van der Waals surface area contributed by atoms with Crippen molar-refractivity contribution in [3.05, 3.63) is 12.3 Å². The van der Waals surface area contributed by atoms with Crippen LogP contribution in [0.5, 0.6) is 0 Å². The fourth-order valence-electron chi connectivity index (χ4n) is 1.22. The van der Waals surface area contributed by atoms with Gasteiger partial charge >= 0.3 is 0 Å². The molecule has 1 atom stereocenters. The number of nitrogens with zero attached hydrogens (tertiary/aromatic N) is 3. The number of hydrogen-bond donors (Lipinski definition) is 0. The van der Waals surface area contributed by atoms with Crippen LogP contribution in [0.2, 0.25) is 0 Å². The number of likely N-dealkylation sites (N-methyl/N-ethyl adjacent to an activating group) is 1. The summed E-state index contributed by atoms with van der Waals surface area (Å²) in [7, 11) is 0. The molecule has 0 radical (unpaired) electrons. The maximum absolute atomic E-state index is 4.02. The summed E-state index contributed by atoms with van der Waals surface area (Å²) in [6, 6.07) is 0.428. The Labute approximate surface area is 67.8 Å². The predicted octanol–water partition coefficient (Wildman–Crippen LogP) is 2.23. The molecule has 0 N–H and O–H groups in total. The van der Waals surface area contributed by atoms with E-state index in [1.165, 1.54) is 0 Å². The van der Waals surface area contributed by atoms with Crippen molar-refractivity contribution in [2.24, 2.45) is 16.3 Å². The molecular formula is C8H15N3. The zero-order valence-corrected chi connectivity index (χ0v) is 7.36. The van der Waals surface area contributed by atoms with Gasteiger partial charge in [0.15, 0.2) is 0 Å². The monoisotopic (exact) mass is 153 g/mol. The Morgan fingerprint density at radius 2 is 2.27 bits per heavy atom. The average molecular weight is 153 g/mol. The van der Waals surface area contributed by atoms with E-state index >= 15 is 0 Å². The fraction of sp³-hybridized carbons (Fsp3) is 0.750. The highest BCUT2D eigenvalue weighted by Crippen LogP contribution is 2.15. The van der Waals surface area contributed by atoms with Crippen molar-refractivity contribution in [3.8, 4) is 0 Å². The lowest BCUT2D eigenvalue weighted by Crippen LogP contribution is -2.34. The minimum Gasteiger partial charge on any atom is -0.272 e. The molecule has 0 bridgehead atoms. The number of rotatable bonds is 2. The molecule has 0 saturated heterocycles. The van der Waals surface area contributed by atoms with Crippen molar-refractivity contribution in [3.63, 3.8) is 0 Å². The van der Waals surface area contributed by atoms with E-state index in [1.54, 1.807) is 6.20 Å². The highest BCUT2D eigenvalue weighted by molar-refractivity contribution is 4.95. The van der Waals surface area contributed by atoms with Crippen LogP contribution in [0.15, 0.2) is 22.6 Å². The van der Waals surface area contributed by atoms with E-state index in [0.717, 1.165) is 6.54 Å². The molecular weight excluding hydrogens is 138 g/mol. The lowest BCUT2D eigenvalue weighted by Gasteiger charge is -2.28. The second-order valence-corrected chi connectivity index (χ2v) is 3.04. The third-order valence-corrected chi connectivity index (χ3v) is 1.87. The Morgan fingerprint density at radius 1 is 1.55 bits per heavy atom. The summed E-state index contributed by atoms with van der Waals surface area (Å²) >= 11 is 0. The van der Waals surface area contributed by atoms with Gasteiger partial charge in [-0.3, -0.25) is 5.01 Å². The van der Waals surface area contributed by atoms with E-state index in [2.05, 4.69) is 37.2 Å². The third kappa shape index (κ3) is 1.79. The van der Waals surface area contributed by atoms with Gasteiger partial charge in [-0.05, 0) is 18.9 Å². The molecule has 3 nitrogen and oxygen atoms in total. The van der Waals surface area contributed by atoms with Gasteiger partial charge in [0, 0.05) is 12.7 Å². The van der Waals surface area contributed by atoms with Crippen LogP contribution in [0.3, 0.4) is 0 Å². The highest BCUT2D eigenvalue weighted by atomic mass is 15.6. The number of hydrogen-bond acceptors (Lipinski definition) is 3. The third-order valence-electron chi connectivity index (χ3n) is 1.87. The van der Waals surface area contributed by atoms with Gasteiger partial charge in [0.1, 0.15) is 0 Å². The molecule has 0 aromatic rings. The van der Waals surface area contributed by atoms with Crippen molar-refractivity contribution < 1.29 is 0 Å². The van der Waals surface area contributed by atoms with Gasteiger partial charge in [0.25, 0.3) is 0 Å². The second-order valence-electron chi connectivity index (χ2n) is 3.04. The lowest BCUT2D eigenvalue weighted by molar-refractivity contribution is 0.187. The van der Waals surface area contributed by atoms with Crippen molar-refractivity contribution in [2.75, 3.05) is 6.54 Å². The van der Waals surface area contributed by atoms with E-state index in [4.69, 9.17) is 0 Å². The van der Waals surface area contributed by atoms with Gasteiger partial charge in [0.05, 0.1) is 6.04 Å². The molecule has 0 aromatic carbocycles. The first-order chi connectivity index (χ1) is 5.25. The van der Waals surface area contributed by atoms with Crippen molar-refractivity contribution in [2.45, 2.75) is 26.8 Å². The molecule has 1 unspecified atom stereocenters. The fourth-order valence-corrected chi connectivity index (χ4v) is 1.22. The minimum atomic E-state index is 0.428. The van der Waals surface area contributed by atoms with Crippen LogP contribution in [0, 0.1) is 5.92 Å². The van der Waals surface area contributed by atoms with E-state index in [1.807, 2.05) is 5.01 Å². The zero-order chi connectivity index (χ0) is 8.27. The topological polar surface area (TPSA) is 28.0 Å². The molecule has 1 aliphatic rings. The lowest BCUT2D eigenvalue weighted by atomic mass is 10.0. The van der Waals surface area contributed by atoms with Gasteiger partial charge in [-0.25, -0.2) is 0 Å². The van der Waals surface area contributed by atoms with Crippen LogP contribution >= 0.6 is 0 Å². The molecule has 0 saturated carbocycles. The first-order valence-electron chi connectivity index (χ1n) is 4.09. The Kier molecular flexibility index (Phi) is 2.63. The molecule has 0 aliphatic carbocycles. The van der Waals surface area contributed by atoms with Gasteiger partial charge in [-0.2, -0.15) is 0 Å². The Hall–Kier alpha value is -0.860. The van der Waals surface area contributed by atoms with Crippen LogP contribution in [-0.4, -0.2) is 17.6 Å². The first-order valence-corrected chi connectivity index (χ1v) is 4.09. The Morgan fingerprint density at radius 3 is 2.73 bits per heavy atom. The second kappa shape index (κ2) is 3.51. The molecule has 62 valence electrons. The van der Waals surface area contributed by atoms with E-state index in [-0.39, 0.29) is 0 Å². The van der Waals surface area contributed by atoms with E-state index < -0.39 is 0 Å². The Bertz CT molecular complexity index is 172. The molecule has 3 heteroatoms. The molecule has 0 amide bonds. The predicted molar refractivity (Wildman–Crippen MR) is 45.0 cm³/mol. The summed E-state index contributed by atoms with van der Waals surface area (Å²) in [5.74, 6) is 0.602. The van der Waals surface area contributed by atoms with E-state index in [0.29, 0.717) is 12.0 Å². The van der Waals surface area contributed by atoms with E-state index in [9.17, 15) is 0 Å². The zero-order valence-electron chi connectivity index (χ0n) is 7.36. The normalized spacial score (nSPS) is 23.3.